The lowest BCUT2D eigenvalue weighted by Crippen LogP contribution is -2.23. The normalized spacial score (nSPS) is 10.3. The van der Waals surface area contributed by atoms with Crippen molar-refractivity contribution in [3.63, 3.8) is 0 Å². The van der Waals surface area contributed by atoms with Gasteiger partial charge in [-0.25, -0.2) is 9.97 Å². The maximum Gasteiger partial charge on any atom is 0.348 e. The Morgan fingerprint density at radius 3 is 2.80 bits per heavy atom. The molecule has 0 bridgehead atoms. The van der Waals surface area contributed by atoms with Crippen LogP contribution in [0.5, 0.6) is 0 Å². The van der Waals surface area contributed by atoms with Crippen LogP contribution in [0.25, 0.3) is 0 Å². The van der Waals surface area contributed by atoms with Gasteiger partial charge in [-0.15, -0.1) is 0 Å². The number of anilines is 1. The van der Waals surface area contributed by atoms with Crippen molar-refractivity contribution in [1.29, 1.82) is 0 Å². The first-order chi connectivity index (χ1) is 9.59. The highest BCUT2D eigenvalue weighted by atomic mass is 35.5. The number of aromatic nitrogens is 3. The van der Waals surface area contributed by atoms with E-state index >= 15 is 0 Å². The Morgan fingerprint density at radius 2 is 2.15 bits per heavy atom. The van der Waals surface area contributed by atoms with E-state index in [4.69, 9.17) is 11.6 Å². The van der Waals surface area contributed by atoms with E-state index in [0.717, 1.165) is 5.69 Å². The van der Waals surface area contributed by atoms with Crippen LogP contribution in [0, 0.1) is 10.1 Å². The molecule has 0 radical (unpaired) electrons. The van der Waals surface area contributed by atoms with E-state index in [1.165, 1.54) is 6.33 Å². The summed E-state index contributed by atoms with van der Waals surface area (Å²) >= 11 is 5.75. The SMILES string of the molecule is CN(CCc1ccccn1)c1ncnc(Cl)c1[N+](=O)[O-]. The summed E-state index contributed by atoms with van der Waals surface area (Å²) in [5.74, 6) is 0.200. The van der Waals surface area contributed by atoms with Crippen LogP contribution in [0.4, 0.5) is 11.5 Å². The van der Waals surface area contributed by atoms with E-state index in [9.17, 15) is 10.1 Å². The molecule has 2 heterocycles. The first-order valence-electron chi connectivity index (χ1n) is 5.85. The van der Waals surface area contributed by atoms with Crippen molar-refractivity contribution in [2.24, 2.45) is 0 Å². The van der Waals surface area contributed by atoms with Crippen LogP contribution in [-0.4, -0.2) is 33.5 Å². The molecule has 2 aromatic heterocycles. The number of pyridine rings is 1. The quantitative estimate of drug-likeness (QED) is 0.477. The molecule has 2 aromatic rings. The molecule has 0 aliphatic carbocycles. The van der Waals surface area contributed by atoms with Gasteiger partial charge in [0.15, 0.2) is 0 Å². The van der Waals surface area contributed by atoms with Gasteiger partial charge in [0.2, 0.25) is 11.0 Å². The third-order valence-corrected chi connectivity index (χ3v) is 3.01. The Kier molecular flexibility index (Phi) is 4.41. The van der Waals surface area contributed by atoms with Gasteiger partial charge in [0.25, 0.3) is 0 Å². The Morgan fingerprint density at radius 1 is 1.35 bits per heavy atom. The lowest BCUT2D eigenvalue weighted by atomic mass is 10.2. The first kappa shape index (κ1) is 14.1. The highest BCUT2D eigenvalue weighted by Crippen LogP contribution is 2.30. The molecule has 0 N–H and O–H groups in total. The number of rotatable bonds is 5. The van der Waals surface area contributed by atoms with E-state index in [-0.39, 0.29) is 16.7 Å². The van der Waals surface area contributed by atoms with Crippen LogP contribution in [0.15, 0.2) is 30.7 Å². The molecule has 104 valence electrons. The van der Waals surface area contributed by atoms with E-state index in [1.807, 2.05) is 18.2 Å². The Balaban J connectivity index is 2.15. The lowest BCUT2D eigenvalue weighted by Gasteiger charge is -2.17. The molecule has 0 aliphatic rings. The zero-order valence-electron chi connectivity index (χ0n) is 10.7. The van der Waals surface area contributed by atoms with E-state index in [2.05, 4.69) is 15.0 Å². The fourth-order valence-electron chi connectivity index (χ4n) is 1.72. The van der Waals surface area contributed by atoms with Gasteiger partial charge >= 0.3 is 5.69 Å². The smallest absolute Gasteiger partial charge is 0.348 e. The summed E-state index contributed by atoms with van der Waals surface area (Å²) in [4.78, 5) is 23.9. The second-order valence-electron chi connectivity index (χ2n) is 4.09. The molecule has 0 saturated heterocycles. The van der Waals surface area contributed by atoms with Crippen LogP contribution in [0.1, 0.15) is 5.69 Å². The molecule has 20 heavy (non-hydrogen) atoms. The fraction of sp³-hybridized carbons (Fsp3) is 0.250. The lowest BCUT2D eigenvalue weighted by molar-refractivity contribution is -0.384. The number of nitro groups is 1. The molecule has 7 nitrogen and oxygen atoms in total. The summed E-state index contributed by atoms with van der Waals surface area (Å²) in [6.45, 7) is 0.533. The third-order valence-electron chi connectivity index (χ3n) is 2.73. The summed E-state index contributed by atoms with van der Waals surface area (Å²) in [6.07, 6.45) is 3.57. The molecule has 0 unspecified atom stereocenters. The summed E-state index contributed by atoms with van der Waals surface area (Å²) in [7, 11) is 1.72. The topological polar surface area (TPSA) is 85.0 Å². The van der Waals surface area contributed by atoms with Crippen molar-refractivity contribution in [1.82, 2.24) is 15.0 Å². The average molecular weight is 294 g/mol. The van der Waals surface area contributed by atoms with Crippen molar-refractivity contribution in [2.45, 2.75) is 6.42 Å². The molecule has 0 fully saturated rings. The van der Waals surface area contributed by atoms with Crippen LogP contribution < -0.4 is 4.90 Å². The number of halogens is 1. The predicted molar refractivity (Wildman–Crippen MR) is 74.9 cm³/mol. The van der Waals surface area contributed by atoms with Crippen LogP contribution in [0.2, 0.25) is 5.15 Å². The molecule has 0 atom stereocenters. The van der Waals surface area contributed by atoms with Gasteiger partial charge in [-0.2, -0.15) is 0 Å². The number of likely N-dealkylation sites (N-methyl/N-ethyl adjacent to an activating group) is 1. The monoisotopic (exact) mass is 293 g/mol. The van der Waals surface area contributed by atoms with Crippen molar-refractivity contribution >= 4 is 23.1 Å². The molecule has 2 rings (SSSR count). The van der Waals surface area contributed by atoms with E-state index < -0.39 is 4.92 Å². The third kappa shape index (κ3) is 3.18. The van der Waals surface area contributed by atoms with E-state index in [1.54, 1.807) is 18.1 Å². The second-order valence-corrected chi connectivity index (χ2v) is 4.44. The minimum atomic E-state index is -0.574. The summed E-state index contributed by atoms with van der Waals surface area (Å²) in [5.41, 5.74) is 0.625. The van der Waals surface area contributed by atoms with Gasteiger partial charge in [0, 0.05) is 31.9 Å². The molecule has 0 aromatic carbocycles. The predicted octanol–water partition coefficient (Wildman–Crippen LogP) is 2.11. The molecular weight excluding hydrogens is 282 g/mol. The van der Waals surface area contributed by atoms with Gasteiger partial charge in [0.1, 0.15) is 6.33 Å². The van der Waals surface area contributed by atoms with E-state index in [0.29, 0.717) is 13.0 Å². The molecular formula is C12H12ClN5O2. The molecule has 8 heteroatoms. The Labute approximate surface area is 120 Å². The maximum absolute atomic E-state index is 11.0. The molecule has 0 spiro atoms. The van der Waals surface area contributed by atoms with Gasteiger partial charge in [0.05, 0.1) is 4.92 Å². The maximum atomic E-state index is 11.0. The van der Waals surface area contributed by atoms with Crippen molar-refractivity contribution in [3.05, 3.63) is 51.7 Å². The minimum Gasteiger partial charge on any atom is -0.353 e. The zero-order valence-corrected chi connectivity index (χ0v) is 11.5. The number of hydrogen-bond donors (Lipinski definition) is 0. The van der Waals surface area contributed by atoms with Crippen LogP contribution >= 0.6 is 11.6 Å². The number of nitrogens with zero attached hydrogens (tertiary/aromatic N) is 5. The Bertz CT molecular complexity index is 608. The highest BCUT2D eigenvalue weighted by Gasteiger charge is 2.24. The van der Waals surface area contributed by atoms with Crippen molar-refractivity contribution in [3.8, 4) is 0 Å². The van der Waals surface area contributed by atoms with Crippen LogP contribution in [0.3, 0.4) is 0 Å². The zero-order chi connectivity index (χ0) is 14.5. The molecule has 0 saturated carbocycles. The standard InChI is InChI=1S/C12H12ClN5O2/c1-17(7-5-9-4-2-3-6-14-9)12-10(18(19)20)11(13)15-8-16-12/h2-4,6,8H,5,7H2,1H3. The largest absolute Gasteiger partial charge is 0.353 e. The Hall–Kier alpha value is -2.28. The average Bonchev–Trinajstić information content (AvgIpc) is 2.45. The van der Waals surface area contributed by atoms with Gasteiger partial charge in [-0.3, -0.25) is 15.1 Å². The van der Waals surface area contributed by atoms with Crippen molar-refractivity contribution < 1.29 is 4.92 Å². The van der Waals surface area contributed by atoms with Gasteiger partial charge < -0.3 is 4.90 Å². The summed E-state index contributed by atoms with van der Waals surface area (Å²) in [6, 6.07) is 5.63. The van der Waals surface area contributed by atoms with Gasteiger partial charge in [-0.05, 0) is 12.1 Å². The highest BCUT2D eigenvalue weighted by molar-refractivity contribution is 6.31. The second kappa shape index (κ2) is 6.25. The molecule has 0 amide bonds. The first-order valence-corrected chi connectivity index (χ1v) is 6.23. The molecule has 0 aliphatic heterocycles. The van der Waals surface area contributed by atoms with Crippen LogP contribution in [-0.2, 0) is 6.42 Å². The summed E-state index contributed by atoms with van der Waals surface area (Å²) < 4.78 is 0. The van der Waals surface area contributed by atoms with Crippen molar-refractivity contribution in [2.75, 3.05) is 18.5 Å². The number of hydrogen-bond acceptors (Lipinski definition) is 6. The summed E-state index contributed by atoms with van der Waals surface area (Å²) in [5, 5.41) is 10.9. The minimum absolute atomic E-state index is 0.162. The van der Waals surface area contributed by atoms with Gasteiger partial charge in [-0.1, -0.05) is 17.7 Å². The fourth-order valence-corrected chi connectivity index (χ4v) is 1.92.